The van der Waals surface area contributed by atoms with E-state index in [4.69, 9.17) is 15.2 Å². The molecule has 8 heteroatoms. The fourth-order valence-electron chi connectivity index (χ4n) is 2.87. The minimum absolute atomic E-state index is 0.0250. The van der Waals surface area contributed by atoms with Crippen LogP contribution in [0.15, 0.2) is 47.3 Å². The molecule has 3 aromatic rings. The average Bonchev–Trinajstić information content (AvgIpc) is 2.72. The number of nitrogens with zero attached hydrogens (tertiary/aromatic N) is 2. The van der Waals surface area contributed by atoms with Crippen molar-refractivity contribution in [3.63, 3.8) is 0 Å². The number of nitrogens with two attached hydrogens (primary N) is 1. The summed E-state index contributed by atoms with van der Waals surface area (Å²) < 4.78 is 12.1. The highest BCUT2D eigenvalue weighted by Crippen LogP contribution is 2.39. The molecule has 7 nitrogen and oxygen atoms in total. The highest BCUT2D eigenvalue weighted by atomic mass is 127. The molecule has 1 aromatic heterocycles. The van der Waals surface area contributed by atoms with Gasteiger partial charge in [0, 0.05) is 5.56 Å². The number of H-pyrrole nitrogens is 1. The number of aromatic amines is 1. The lowest BCUT2D eigenvalue weighted by atomic mass is 9.96. The number of nitrogen functional groups attached to an aromatic ring is 1. The van der Waals surface area contributed by atoms with Gasteiger partial charge in [0.15, 0.2) is 11.5 Å². The van der Waals surface area contributed by atoms with E-state index in [9.17, 15) is 15.3 Å². The Bertz CT molecular complexity index is 1210. The summed E-state index contributed by atoms with van der Waals surface area (Å²) in [6.45, 7) is 0.345. The second-order valence-electron chi connectivity index (χ2n) is 5.98. The van der Waals surface area contributed by atoms with Gasteiger partial charge in [0.05, 0.1) is 10.7 Å². The van der Waals surface area contributed by atoms with Crippen LogP contribution in [0.25, 0.3) is 11.1 Å². The molecular weight excluding hydrogens is 483 g/mol. The summed E-state index contributed by atoms with van der Waals surface area (Å²) >= 11 is 2.08. The summed E-state index contributed by atoms with van der Waals surface area (Å²) in [5.74, 6) is 0.842. The number of anilines is 1. The summed E-state index contributed by atoms with van der Waals surface area (Å²) in [5, 5.41) is 19.0. The quantitative estimate of drug-likeness (QED) is 0.519. The molecule has 0 bridgehead atoms. The zero-order valence-corrected chi connectivity index (χ0v) is 17.5. The second-order valence-corrected chi connectivity index (χ2v) is 7.14. The van der Waals surface area contributed by atoms with E-state index in [0.717, 1.165) is 5.56 Å². The van der Waals surface area contributed by atoms with Gasteiger partial charge in [-0.25, -0.2) is 0 Å². The van der Waals surface area contributed by atoms with Gasteiger partial charge in [0.2, 0.25) is 0 Å². The van der Waals surface area contributed by atoms with E-state index in [0.29, 0.717) is 27.2 Å². The van der Waals surface area contributed by atoms with Crippen molar-refractivity contribution in [1.29, 1.82) is 10.5 Å². The van der Waals surface area contributed by atoms with Crippen molar-refractivity contribution in [3.8, 4) is 34.8 Å². The number of rotatable bonds is 5. The van der Waals surface area contributed by atoms with E-state index < -0.39 is 5.56 Å². The summed E-state index contributed by atoms with van der Waals surface area (Å²) in [7, 11) is 1.49. The number of hydrogen-bond acceptors (Lipinski definition) is 6. The number of ether oxygens (including phenoxy) is 2. The summed E-state index contributed by atoms with van der Waals surface area (Å²) in [4.78, 5) is 14.5. The van der Waals surface area contributed by atoms with Crippen LogP contribution in [0.5, 0.6) is 11.5 Å². The number of hydrogen-bond donors (Lipinski definition) is 2. The molecule has 0 fully saturated rings. The summed E-state index contributed by atoms with van der Waals surface area (Å²) in [5.41, 5.74) is 6.61. The molecule has 0 saturated heterocycles. The normalized spacial score (nSPS) is 10.1. The Morgan fingerprint density at radius 2 is 1.83 bits per heavy atom. The zero-order valence-electron chi connectivity index (χ0n) is 15.3. The third kappa shape index (κ3) is 4.03. The van der Waals surface area contributed by atoms with Crippen LogP contribution in [0.4, 0.5) is 5.82 Å². The monoisotopic (exact) mass is 498 g/mol. The Morgan fingerprint density at radius 1 is 1.14 bits per heavy atom. The number of methoxy groups -OCH3 is 1. The first-order valence-corrected chi connectivity index (χ1v) is 9.48. The van der Waals surface area contributed by atoms with Crippen molar-refractivity contribution < 1.29 is 9.47 Å². The Morgan fingerprint density at radius 3 is 2.45 bits per heavy atom. The first-order chi connectivity index (χ1) is 14.0. The first kappa shape index (κ1) is 20.2. The van der Waals surface area contributed by atoms with Crippen LogP contribution < -0.4 is 20.8 Å². The minimum atomic E-state index is -0.655. The van der Waals surface area contributed by atoms with Crippen molar-refractivity contribution >= 4 is 28.4 Å². The molecule has 29 heavy (non-hydrogen) atoms. The van der Waals surface area contributed by atoms with Gasteiger partial charge in [-0.3, -0.25) is 4.79 Å². The Labute approximate surface area is 180 Å². The lowest BCUT2D eigenvalue weighted by Crippen LogP contribution is -2.16. The van der Waals surface area contributed by atoms with Crippen LogP contribution in [-0.4, -0.2) is 12.1 Å². The molecule has 0 atom stereocenters. The van der Waals surface area contributed by atoms with E-state index in [1.807, 2.05) is 42.5 Å². The van der Waals surface area contributed by atoms with Crippen LogP contribution in [0.1, 0.15) is 16.7 Å². The second kappa shape index (κ2) is 8.67. The molecule has 3 rings (SSSR count). The summed E-state index contributed by atoms with van der Waals surface area (Å²) in [6, 6.07) is 16.8. The first-order valence-electron chi connectivity index (χ1n) is 8.40. The highest BCUT2D eigenvalue weighted by molar-refractivity contribution is 14.1. The van der Waals surface area contributed by atoms with Crippen molar-refractivity contribution in [1.82, 2.24) is 4.98 Å². The smallest absolute Gasteiger partial charge is 0.268 e. The molecule has 0 aliphatic carbocycles. The maximum absolute atomic E-state index is 12.2. The van der Waals surface area contributed by atoms with Crippen LogP contribution in [0.2, 0.25) is 0 Å². The molecule has 2 aromatic carbocycles. The van der Waals surface area contributed by atoms with E-state index in [1.165, 1.54) is 7.11 Å². The van der Waals surface area contributed by atoms with Gasteiger partial charge in [-0.2, -0.15) is 10.5 Å². The fourth-order valence-corrected chi connectivity index (χ4v) is 3.62. The third-order valence-corrected chi connectivity index (χ3v) is 5.01. The number of pyridine rings is 1. The molecule has 0 radical (unpaired) electrons. The van der Waals surface area contributed by atoms with Crippen LogP contribution in [-0.2, 0) is 6.61 Å². The SMILES string of the molecule is COc1cc(-c2c(C#N)c(N)[nH]c(=O)c2C#N)cc(I)c1OCc1ccccc1. The van der Waals surface area contributed by atoms with Crippen molar-refractivity contribution in [3.05, 3.63) is 73.1 Å². The molecule has 3 N–H and O–H groups in total. The third-order valence-electron chi connectivity index (χ3n) is 4.21. The van der Waals surface area contributed by atoms with Crippen LogP contribution >= 0.6 is 22.6 Å². The lowest BCUT2D eigenvalue weighted by molar-refractivity contribution is 0.282. The molecular formula is C21H15IN4O3. The zero-order chi connectivity index (χ0) is 21.0. The van der Waals surface area contributed by atoms with E-state index >= 15 is 0 Å². The number of halogens is 1. The molecule has 0 spiro atoms. The van der Waals surface area contributed by atoms with Gasteiger partial charge in [0.25, 0.3) is 5.56 Å². The number of nitriles is 2. The molecule has 0 amide bonds. The molecule has 144 valence electrons. The minimum Gasteiger partial charge on any atom is -0.493 e. The topological polar surface area (TPSA) is 125 Å². The van der Waals surface area contributed by atoms with Gasteiger partial charge in [-0.1, -0.05) is 30.3 Å². The van der Waals surface area contributed by atoms with Crippen LogP contribution in [0, 0.1) is 26.2 Å². The summed E-state index contributed by atoms with van der Waals surface area (Å²) in [6.07, 6.45) is 0. The van der Waals surface area contributed by atoms with Gasteiger partial charge >= 0.3 is 0 Å². The molecule has 0 unspecified atom stereocenters. The maximum Gasteiger partial charge on any atom is 0.268 e. The van der Waals surface area contributed by atoms with Crippen molar-refractivity contribution in [2.45, 2.75) is 6.61 Å². The standard InChI is InChI=1S/C21H15IN4O3/c1-28-17-8-13(18-14(9-23)20(25)26-21(27)15(18)10-24)7-16(22)19(17)29-11-12-5-3-2-4-6-12/h2-8H,11H2,1H3,(H3,25,26,27). The van der Waals surface area contributed by atoms with Gasteiger partial charge in [-0.15, -0.1) is 0 Å². The highest BCUT2D eigenvalue weighted by Gasteiger charge is 2.21. The Hall–Kier alpha value is -3.50. The predicted molar refractivity (Wildman–Crippen MR) is 116 cm³/mol. The van der Waals surface area contributed by atoms with E-state index in [2.05, 4.69) is 27.6 Å². The van der Waals surface area contributed by atoms with Crippen LogP contribution in [0.3, 0.4) is 0 Å². The van der Waals surface area contributed by atoms with Gasteiger partial charge < -0.3 is 20.2 Å². The number of nitrogens with one attached hydrogen (secondary N) is 1. The van der Waals surface area contributed by atoms with Gasteiger partial charge in [-0.05, 0) is 45.9 Å². The Balaban J connectivity index is 2.13. The van der Waals surface area contributed by atoms with E-state index in [-0.39, 0.29) is 22.5 Å². The molecule has 0 aliphatic heterocycles. The Kier molecular flexibility index (Phi) is 6.05. The fraction of sp³-hybridized carbons (Fsp3) is 0.0952. The average molecular weight is 498 g/mol. The van der Waals surface area contributed by atoms with Crippen molar-refractivity contribution in [2.24, 2.45) is 0 Å². The molecule has 1 heterocycles. The van der Waals surface area contributed by atoms with E-state index in [1.54, 1.807) is 12.1 Å². The number of aromatic nitrogens is 1. The maximum atomic E-state index is 12.2. The van der Waals surface area contributed by atoms with Crippen molar-refractivity contribution in [2.75, 3.05) is 12.8 Å². The number of benzene rings is 2. The lowest BCUT2D eigenvalue weighted by Gasteiger charge is -2.16. The van der Waals surface area contributed by atoms with Gasteiger partial charge in [0.1, 0.15) is 35.7 Å². The molecule has 0 saturated carbocycles. The molecule has 0 aliphatic rings. The largest absolute Gasteiger partial charge is 0.493 e. The predicted octanol–water partition coefficient (Wildman–Crippen LogP) is 3.56.